The number of hydrogen-bond donors (Lipinski definition) is 3. The number of thiocarbonyl (C=S) groups is 1. The minimum atomic E-state index is -0.109. The molecular formula is C20H27N3O3S. The predicted octanol–water partition coefficient (Wildman–Crippen LogP) is 2.07. The molecule has 0 spiro atoms. The van der Waals surface area contributed by atoms with Gasteiger partial charge in [0, 0.05) is 37.4 Å². The van der Waals surface area contributed by atoms with Gasteiger partial charge in [-0.15, -0.1) is 0 Å². The van der Waals surface area contributed by atoms with Gasteiger partial charge in [0.1, 0.15) is 0 Å². The number of rotatable bonds is 7. The largest absolute Gasteiger partial charge is 0.396 e. The highest BCUT2D eigenvalue weighted by atomic mass is 32.1. The van der Waals surface area contributed by atoms with E-state index in [0.717, 1.165) is 35.9 Å². The Hall–Kier alpha value is -1.96. The molecular weight excluding hydrogens is 362 g/mol. The summed E-state index contributed by atoms with van der Waals surface area (Å²) >= 11 is 5.55. The highest BCUT2D eigenvalue weighted by Gasteiger charge is 2.18. The van der Waals surface area contributed by atoms with Gasteiger partial charge >= 0.3 is 0 Å². The van der Waals surface area contributed by atoms with Crippen LogP contribution in [0, 0.1) is 6.92 Å². The first kappa shape index (κ1) is 19.8. The van der Waals surface area contributed by atoms with Gasteiger partial charge in [0.15, 0.2) is 5.11 Å². The molecule has 1 saturated heterocycles. The molecule has 1 aliphatic heterocycles. The molecule has 1 fully saturated rings. The minimum Gasteiger partial charge on any atom is -0.396 e. The molecule has 27 heavy (non-hydrogen) atoms. The summed E-state index contributed by atoms with van der Waals surface area (Å²) in [5, 5.41) is 14.1. The van der Waals surface area contributed by atoms with Gasteiger partial charge in [0.05, 0.1) is 12.6 Å². The van der Waals surface area contributed by atoms with Crippen LogP contribution in [0.5, 0.6) is 0 Å². The first-order chi connectivity index (χ1) is 13.1. The van der Waals surface area contributed by atoms with E-state index in [1.165, 1.54) is 0 Å². The maximum Gasteiger partial charge on any atom is 0.253 e. The van der Waals surface area contributed by atoms with Crippen molar-refractivity contribution in [2.24, 2.45) is 0 Å². The van der Waals surface area contributed by atoms with Crippen molar-refractivity contribution in [1.82, 2.24) is 15.2 Å². The smallest absolute Gasteiger partial charge is 0.253 e. The summed E-state index contributed by atoms with van der Waals surface area (Å²) in [7, 11) is 0. The number of aromatic nitrogens is 1. The summed E-state index contributed by atoms with van der Waals surface area (Å²) in [5.74, 6) is 0. The summed E-state index contributed by atoms with van der Waals surface area (Å²) in [5.41, 5.74) is 2.52. The highest BCUT2D eigenvalue weighted by Crippen LogP contribution is 2.15. The number of fused-ring (bicyclic) bond motifs is 1. The third kappa shape index (κ3) is 5.28. The van der Waals surface area contributed by atoms with Crippen LogP contribution < -0.4 is 10.9 Å². The number of ether oxygens (including phenoxy) is 1. The molecule has 2 aromatic rings. The average Bonchev–Trinajstić information content (AvgIpc) is 3.17. The van der Waals surface area contributed by atoms with Crippen LogP contribution in [0.2, 0.25) is 0 Å². The molecule has 0 amide bonds. The van der Waals surface area contributed by atoms with Crippen LogP contribution in [0.15, 0.2) is 29.1 Å². The topological polar surface area (TPSA) is 77.6 Å². The molecule has 1 aliphatic rings. The number of aliphatic hydroxyl groups excluding tert-OH is 1. The second-order valence-electron chi connectivity index (χ2n) is 7.03. The van der Waals surface area contributed by atoms with Crippen LogP contribution in [-0.4, -0.2) is 52.5 Å². The van der Waals surface area contributed by atoms with Gasteiger partial charge in [-0.25, -0.2) is 0 Å². The van der Waals surface area contributed by atoms with Crippen molar-refractivity contribution in [3.05, 3.63) is 45.7 Å². The Bertz CT molecular complexity index is 846. The Kier molecular flexibility index (Phi) is 6.82. The standard InChI is InChI=1S/C20H27N3O3S/c1-14-5-6-18-15(10-14)11-16(19(25)22-18)13-23(7-3-8-24)20(27)21-12-17-4-2-9-26-17/h5-6,10-11,17,24H,2-4,7-9,12-13H2,1H3,(H,21,27)(H,22,25). The molecule has 0 aliphatic carbocycles. The third-order valence-corrected chi connectivity index (χ3v) is 5.22. The fourth-order valence-corrected chi connectivity index (χ4v) is 3.57. The average molecular weight is 390 g/mol. The number of hydrogen-bond acceptors (Lipinski definition) is 4. The molecule has 3 rings (SSSR count). The van der Waals surface area contributed by atoms with Crippen LogP contribution in [0.4, 0.5) is 0 Å². The molecule has 0 bridgehead atoms. The predicted molar refractivity (Wildman–Crippen MR) is 111 cm³/mol. The molecule has 2 heterocycles. The number of nitrogens with zero attached hydrogens (tertiary/aromatic N) is 1. The van der Waals surface area contributed by atoms with Gasteiger partial charge in [-0.2, -0.15) is 0 Å². The fourth-order valence-electron chi connectivity index (χ4n) is 3.33. The zero-order chi connectivity index (χ0) is 19.2. The monoisotopic (exact) mass is 389 g/mol. The van der Waals surface area contributed by atoms with Crippen molar-refractivity contribution in [3.8, 4) is 0 Å². The van der Waals surface area contributed by atoms with E-state index in [2.05, 4.69) is 16.4 Å². The van der Waals surface area contributed by atoms with E-state index in [1.54, 1.807) is 0 Å². The van der Waals surface area contributed by atoms with Crippen LogP contribution >= 0.6 is 12.2 Å². The van der Waals surface area contributed by atoms with Crippen molar-refractivity contribution in [2.45, 2.75) is 38.8 Å². The number of benzene rings is 1. The molecule has 3 N–H and O–H groups in total. The lowest BCUT2D eigenvalue weighted by molar-refractivity contribution is 0.113. The SMILES string of the molecule is Cc1ccc2[nH]c(=O)c(CN(CCCO)C(=S)NCC3CCCO3)cc2c1. The first-order valence-electron chi connectivity index (χ1n) is 9.44. The maximum absolute atomic E-state index is 12.5. The first-order valence-corrected chi connectivity index (χ1v) is 9.85. The van der Waals surface area contributed by atoms with Crippen molar-refractivity contribution in [1.29, 1.82) is 0 Å². The zero-order valence-corrected chi connectivity index (χ0v) is 16.5. The number of nitrogens with one attached hydrogen (secondary N) is 2. The summed E-state index contributed by atoms with van der Waals surface area (Å²) < 4.78 is 5.63. The molecule has 0 saturated carbocycles. The van der Waals surface area contributed by atoms with E-state index in [4.69, 9.17) is 17.0 Å². The quantitative estimate of drug-likeness (QED) is 0.630. The van der Waals surface area contributed by atoms with E-state index in [1.807, 2.05) is 30.0 Å². The van der Waals surface area contributed by atoms with E-state index >= 15 is 0 Å². The fraction of sp³-hybridized carbons (Fsp3) is 0.500. The van der Waals surface area contributed by atoms with Gasteiger partial charge in [-0.1, -0.05) is 11.6 Å². The van der Waals surface area contributed by atoms with Crippen LogP contribution in [0.1, 0.15) is 30.4 Å². The number of H-pyrrole nitrogens is 1. The number of pyridine rings is 1. The third-order valence-electron chi connectivity index (χ3n) is 4.82. The summed E-state index contributed by atoms with van der Waals surface area (Å²) in [6.07, 6.45) is 2.90. The van der Waals surface area contributed by atoms with Gasteiger partial charge in [-0.05, 0) is 62.0 Å². The van der Waals surface area contributed by atoms with Crippen molar-refractivity contribution < 1.29 is 9.84 Å². The molecule has 6 nitrogen and oxygen atoms in total. The summed E-state index contributed by atoms with van der Waals surface area (Å²) in [4.78, 5) is 17.4. The van der Waals surface area contributed by atoms with Crippen molar-refractivity contribution >= 4 is 28.2 Å². The molecule has 1 unspecified atom stereocenters. The Balaban J connectivity index is 1.74. The van der Waals surface area contributed by atoms with Gasteiger partial charge in [0.25, 0.3) is 5.56 Å². The number of aliphatic hydroxyl groups is 1. The Morgan fingerprint density at radius 2 is 2.30 bits per heavy atom. The van der Waals surface area contributed by atoms with E-state index in [9.17, 15) is 9.90 Å². The second kappa shape index (κ2) is 9.30. The lowest BCUT2D eigenvalue weighted by atomic mass is 10.1. The van der Waals surface area contributed by atoms with Crippen molar-refractivity contribution in [3.63, 3.8) is 0 Å². The zero-order valence-electron chi connectivity index (χ0n) is 15.7. The summed E-state index contributed by atoms with van der Waals surface area (Å²) in [6.45, 7) is 4.57. The molecule has 7 heteroatoms. The van der Waals surface area contributed by atoms with Crippen LogP contribution in [-0.2, 0) is 11.3 Å². The second-order valence-corrected chi connectivity index (χ2v) is 7.42. The molecule has 0 radical (unpaired) electrons. The lowest BCUT2D eigenvalue weighted by Crippen LogP contribution is -2.43. The molecule has 1 aromatic carbocycles. The molecule has 1 aromatic heterocycles. The minimum absolute atomic E-state index is 0.0815. The lowest BCUT2D eigenvalue weighted by Gasteiger charge is -2.26. The Morgan fingerprint density at radius 1 is 1.44 bits per heavy atom. The normalized spacial score (nSPS) is 16.6. The van der Waals surface area contributed by atoms with Crippen LogP contribution in [0.3, 0.4) is 0 Å². The highest BCUT2D eigenvalue weighted by molar-refractivity contribution is 7.80. The van der Waals surface area contributed by atoms with Gasteiger partial charge in [-0.3, -0.25) is 4.79 Å². The van der Waals surface area contributed by atoms with Gasteiger partial charge in [0.2, 0.25) is 0 Å². The number of aryl methyl sites for hydroxylation is 1. The number of aromatic amines is 1. The van der Waals surface area contributed by atoms with E-state index < -0.39 is 0 Å². The Morgan fingerprint density at radius 3 is 3.04 bits per heavy atom. The Labute approximate surface area is 164 Å². The van der Waals surface area contributed by atoms with Gasteiger partial charge < -0.3 is 25.0 Å². The maximum atomic E-state index is 12.5. The molecule has 146 valence electrons. The van der Waals surface area contributed by atoms with E-state index in [0.29, 0.717) is 36.7 Å². The molecule has 1 atom stereocenters. The van der Waals surface area contributed by atoms with E-state index in [-0.39, 0.29) is 18.3 Å². The van der Waals surface area contributed by atoms with Crippen LogP contribution in [0.25, 0.3) is 10.9 Å². The van der Waals surface area contributed by atoms with Crippen molar-refractivity contribution in [2.75, 3.05) is 26.3 Å². The summed E-state index contributed by atoms with van der Waals surface area (Å²) in [6, 6.07) is 7.89.